The quantitative estimate of drug-likeness (QED) is 0.492. The van der Waals surface area contributed by atoms with Crippen molar-refractivity contribution in [3.05, 3.63) is 66.2 Å². The monoisotopic (exact) mass is 452 g/mol. The molecule has 2 aromatic rings. The first-order valence-electron chi connectivity index (χ1n) is 11.9. The first kappa shape index (κ1) is 24.8. The van der Waals surface area contributed by atoms with Crippen molar-refractivity contribution in [3.8, 4) is 5.75 Å². The van der Waals surface area contributed by atoms with E-state index in [2.05, 4.69) is 12.1 Å². The lowest BCUT2D eigenvalue weighted by atomic mass is 9.96. The van der Waals surface area contributed by atoms with Crippen molar-refractivity contribution < 1.29 is 19.1 Å². The van der Waals surface area contributed by atoms with Gasteiger partial charge in [0.1, 0.15) is 5.75 Å². The Morgan fingerprint density at radius 3 is 2.45 bits per heavy atom. The van der Waals surface area contributed by atoms with E-state index < -0.39 is 0 Å². The van der Waals surface area contributed by atoms with Crippen LogP contribution >= 0.6 is 0 Å². The van der Waals surface area contributed by atoms with Crippen molar-refractivity contribution in [2.45, 2.75) is 32.1 Å². The molecule has 1 saturated heterocycles. The molecule has 1 unspecified atom stereocenters. The second-order valence-electron chi connectivity index (χ2n) is 8.50. The highest BCUT2D eigenvalue weighted by molar-refractivity contribution is 5.81. The molecule has 0 spiro atoms. The van der Waals surface area contributed by atoms with Crippen LogP contribution in [0.25, 0.3) is 0 Å². The van der Waals surface area contributed by atoms with Crippen LogP contribution in [-0.2, 0) is 20.7 Å². The normalized spacial score (nSPS) is 15.8. The van der Waals surface area contributed by atoms with Gasteiger partial charge in [-0.25, -0.2) is 0 Å². The third-order valence-electron chi connectivity index (χ3n) is 6.06. The van der Waals surface area contributed by atoms with Gasteiger partial charge in [0.05, 0.1) is 25.6 Å². The van der Waals surface area contributed by atoms with Crippen molar-refractivity contribution in [2.75, 3.05) is 46.5 Å². The summed E-state index contributed by atoms with van der Waals surface area (Å²) in [4.78, 5) is 29.8. The summed E-state index contributed by atoms with van der Waals surface area (Å²) >= 11 is 0. The SMILES string of the molecule is COCCN(CCCc1ccccc1)C(=O)C1CCCN(C(=O)CCOc2ccccc2)C1. The van der Waals surface area contributed by atoms with Gasteiger partial charge in [-0.3, -0.25) is 9.59 Å². The van der Waals surface area contributed by atoms with Crippen LogP contribution in [0.5, 0.6) is 5.75 Å². The van der Waals surface area contributed by atoms with Crippen LogP contribution in [0.15, 0.2) is 60.7 Å². The maximum Gasteiger partial charge on any atom is 0.227 e. The Labute approximate surface area is 197 Å². The highest BCUT2D eigenvalue weighted by Gasteiger charge is 2.31. The molecule has 0 N–H and O–H groups in total. The molecule has 2 aromatic carbocycles. The van der Waals surface area contributed by atoms with Gasteiger partial charge >= 0.3 is 0 Å². The molecule has 0 radical (unpaired) electrons. The number of methoxy groups -OCH3 is 1. The number of rotatable bonds is 12. The standard InChI is InChI=1S/C27H36N2O4/c1-32-21-19-28(17-8-12-23-10-4-2-5-11-23)27(31)24-13-9-18-29(22-24)26(30)16-20-33-25-14-6-3-7-15-25/h2-7,10-11,14-15,24H,8-9,12-13,16-22H2,1H3. The third kappa shape index (κ3) is 8.21. The smallest absolute Gasteiger partial charge is 0.227 e. The topological polar surface area (TPSA) is 59.1 Å². The van der Waals surface area contributed by atoms with Crippen LogP contribution in [0, 0.1) is 5.92 Å². The van der Waals surface area contributed by atoms with E-state index in [0.717, 1.165) is 31.4 Å². The highest BCUT2D eigenvalue weighted by atomic mass is 16.5. The van der Waals surface area contributed by atoms with Crippen molar-refractivity contribution in [3.63, 3.8) is 0 Å². The first-order chi connectivity index (χ1) is 16.2. The van der Waals surface area contributed by atoms with Crippen LogP contribution in [-0.4, -0.2) is 68.1 Å². The molecule has 1 heterocycles. The number of aryl methyl sites for hydroxylation is 1. The summed E-state index contributed by atoms with van der Waals surface area (Å²) in [5.41, 5.74) is 1.28. The molecule has 2 amide bonds. The van der Waals surface area contributed by atoms with Crippen LogP contribution in [0.4, 0.5) is 0 Å². The van der Waals surface area contributed by atoms with Gasteiger partial charge in [0.25, 0.3) is 0 Å². The molecule has 0 aromatic heterocycles. The van der Waals surface area contributed by atoms with Gasteiger partial charge in [-0.15, -0.1) is 0 Å². The minimum Gasteiger partial charge on any atom is -0.493 e. The van der Waals surface area contributed by atoms with E-state index in [0.29, 0.717) is 45.8 Å². The Balaban J connectivity index is 1.48. The van der Waals surface area contributed by atoms with Crippen LogP contribution < -0.4 is 4.74 Å². The molecular formula is C27H36N2O4. The number of nitrogens with zero attached hydrogens (tertiary/aromatic N) is 2. The minimum absolute atomic E-state index is 0.0518. The molecule has 33 heavy (non-hydrogen) atoms. The minimum atomic E-state index is -0.147. The summed E-state index contributed by atoms with van der Waals surface area (Å²) in [5, 5.41) is 0. The Morgan fingerprint density at radius 1 is 1.00 bits per heavy atom. The summed E-state index contributed by atoms with van der Waals surface area (Å²) in [6, 6.07) is 19.9. The number of hydrogen-bond acceptors (Lipinski definition) is 4. The molecule has 0 aliphatic carbocycles. The predicted octanol–water partition coefficient (Wildman–Crippen LogP) is 3.80. The van der Waals surface area contributed by atoms with Gasteiger partial charge in [0, 0.05) is 33.3 Å². The molecule has 0 saturated carbocycles. The average molecular weight is 453 g/mol. The van der Waals surface area contributed by atoms with Crippen LogP contribution in [0.3, 0.4) is 0 Å². The maximum atomic E-state index is 13.3. The summed E-state index contributed by atoms with van der Waals surface area (Å²) in [6.45, 7) is 3.35. The zero-order valence-electron chi connectivity index (χ0n) is 19.7. The molecule has 0 bridgehead atoms. The van der Waals surface area contributed by atoms with Crippen LogP contribution in [0.2, 0.25) is 0 Å². The Morgan fingerprint density at radius 2 is 1.73 bits per heavy atom. The predicted molar refractivity (Wildman–Crippen MR) is 129 cm³/mol. The second-order valence-corrected chi connectivity index (χ2v) is 8.50. The van der Waals surface area contributed by atoms with E-state index in [9.17, 15) is 9.59 Å². The number of hydrogen-bond donors (Lipinski definition) is 0. The summed E-state index contributed by atoms with van der Waals surface area (Å²) in [5.74, 6) is 0.807. The summed E-state index contributed by atoms with van der Waals surface area (Å²) < 4.78 is 10.9. The summed E-state index contributed by atoms with van der Waals surface area (Å²) in [7, 11) is 1.66. The molecule has 1 aliphatic heterocycles. The maximum absolute atomic E-state index is 13.3. The van der Waals surface area contributed by atoms with E-state index >= 15 is 0 Å². The van der Waals surface area contributed by atoms with Gasteiger partial charge in [0.2, 0.25) is 11.8 Å². The van der Waals surface area contributed by atoms with Crippen LogP contribution in [0.1, 0.15) is 31.2 Å². The zero-order valence-corrected chi connectivity index (χ0v) is 19.7. The fraction of sp³-hybridized carbons (Fsp3) is 0.481. The van der Waals surface area contributed by atoms with E-state index in [-0.39, 0.29) is 17.7 Å². The largest absolute Gasteiger partial charge is 0.493 e. The molecule has 1 fully saturated rings. The van der Waals surface area contributed by atoms with Gasteiger partial charge in [0.15, 0.2) is 0 Å². The van der Waals surface area contributed by atoms with E-state index in [1.807, 2.05) is 58.3 Å². The highest BCUT2D eigenvalue weighted by Crippen LogP contribution is 2.20. The number of carbonyl (C=O) groups excluding carboxylic acids is 2. The van der Waals surface area contributed by atoms with Gasteiger partial charge in [-0.05, 0) is 43.4 Å². The number of likely N-dealkylation sites (tertiary alicyclic amines) is 1. The van der Waals surface area contributed by atoms with Crippen molar-refractivity contribution in [1.29, 1.82) is 0 Å². The molecule has 178 valence electrons. The number of para-hydroxylation sites is 1. The molecule has 6 heteroatoms. The summed E-state index contributed by atoms with van der Waals surface area (Å²) in [6.07, 6.45) is 3.84. The molecule has 1 aliphatic rings. The Kier molecular flexibility index (Phi) is 10.2. The molecule has 1 atom stereocenters. The fourth-order valence-electron chi connectivity index (χ4n) is 4.25. The lowest BCUT2D eigenvalue weighted by Crippen LogP contribution is -2.47. The second kappa shape index (κ2) is 13.6. The van der Waals surface area contributed by atoms with Crippen molar-refractivity contribution in [1.82, 2.24) is 9.80 Å². The van der Waals surface area contributed by atoms with Crippen molar-refractivity contribution >= 4 is 11.8 Å². The Bertz CT molecular complexity index is 844. The number of piperidine rings is 1. The number of ether oxygens (including phenoxy) is 2. The number of benzene rings is 2. The van der Waals surface area contributed by atoms with E-state index in [1.165, 1.54) is 5.56 Å². The van der Waals surface area contributed by atoms with E-state index in [4.69, 9.17) is 9.47 Å². The Hall–Kier alpha value is -2.86. The lowest BCUT2D eigenvalue weighted by Gasteiger charge is -2.35. The van der Waals surface area contributed by atoms with Gasteiger partial charge in [-0.2, -0.15) is 0 Å². The van der Waals surface area contributed by atoms with Crippen molar-refractivity contribution in [2.24, 2.45) is 5.92 Å². The van der Waals surface area contributed by atoms with Gasteiger partial charge in [-0.1, -0.05) is 48.5 Å². The molecule has 3 rings (SSSR count). The van der Waals surface area contributed by atoms with E-state index in [1.54, 1.807) is 7.11 Å². The average Bonchev–Trinajstić information content (AvgIpc) is 2.87. The number of amides is 2. The first-order valence-corrected chi connectivity index (χ1v) is 11.9. The molecule has 6 nitrogen and oxygen atoms in total. The van der Waals surface area contributed by atoms with Gasteiger partial charge < -0.3 is 19.3 Å². The number of carbonyl (C=O) groups is 2. The molecular weight excluding hydrogens is 416 g/mol. The zero-order chi connectivity index (χ0) is 23.3. The fourth-order valence-corrected chi connectivity index (χ4v) is 4.25. The third-order valence-corrected chi connectivity index (χ3v) is 6.06. The lowest BCUT2D eigenvalue weighted by molar-refractivity contribution is -0.141.